The maximum Gasteiger partial charge on any atom is 0.159 e. The molecule has 0 saturated heterocycles. The monoisotopic (exact) mass is 252 g/mol. The highest BCUT2D eigenvalue weighted by molar-refractivity contribution is 5.74. The average Bonchev–Trinajstić information content (AvgIpc) is 2.46. The zero-order valence-electron chi connectivity index (χ0n) is 11.8. The first-order chi connectivity index (χ1) is 9.26. The minimum absolute atomic E-state index is 0.724. The van der Waals surface area contributed by atoms with Crippen LogP contribution in [0.2, 0.25) is 0 Å². The Morgan fingerprint density at radius 3 is 2.42 bits per heavy atom. The third kappa shape index (κ3) is 4.18. The van der Waals surface area contributed by atoms with Crippen LogP contribution < -0.4 is 0 Å². The van der Waals surface area contributed by atoms with E-state index in [0.29, 0.717) is 0 Å². The van der Waals surface area contributed by atoms with Crippen molar-refractivity contribution in [3.8, 4) is 0 Å². The molecule has 1 aromatic rings. The molecule has 98 valence electrons. The highest BCUT2D eigenvalue weighted by atomic mass is 14.9. The Morgan fingerprint density at radius 2 is 1.84 bits per heavy atom. The highest BCUT2D eigenvalue weighted by Gasteiger charge is 2.04. The molecule has 0 saturated carbocycles. The first kappa shape index (κ1) is 14.8. The Morgan fingerprint density at radius 1 is 1.11 bits per heavy atom. The summed E-state index contributed by atoms with van der Waals surface area (Å²) >= 11 is 0. The largest absolute Gasteiger partial charge is 0.237 e. The molecule has 0 aliphatic carbocycles. The van der Waals surface area contributed by atoms with Crippen LogP contribution in [0.4, 0.5) is 0 Å². The average molecular weight is 252 g/mol. The summed E-state index contributed by atoms with van der Waals surface area (Å²) < 4.78 is 0. The summed E-state index contributed by atoms with van der Waals surface area (Å²) in [6.45, 7) is 9.65. The molecule has 1 heterocycles. The van der Waals surface area contributed by atoms with Gasteiger partial charge in [-0.15, -0.1) is 0 Å². The van der Waals surface area contributed by atoms with Gasteiger partial charge < -0.3 is 0 Å². The van der Waals surface area contributed by atoms with Crippen molar-refractivity contribution in [3.63, 3.8) is 0 Å². The van der Waals surface area contributed by atoms with Crippen molar-refractivity contribution in [1.29, 1.82) is 0 Å². The minimum Gasteiger partial charge on any atom is -0.237 e. The fraction of sp³-hybridized carbons (Fsp3) is 0.176. The number of aromatic nitrogens is 2. The fourth-order valence-corrected chi connectivity index (χ4v) is 1.64. The van der Waals surface area contributed by atoms with Crippen LogP contribution >= 0.6 is 0 Å². The van der Waals surface area contributed by atoms with Crippen molar-refractivity contribution in [3.05, 3.63) is 72.9 Å². The van der Waals surface area contributed by atoms with Crippen molar-refractivity contribution < 1.29 is 0 Å². The van der Waals surface area contributed by atoms with E-state index in [1.54, 1.807) is 12.3 Å². The maximum atomic E-state index is 4.60. The van der Waals surface area contributed by atoms with Crippen LogP contribution in [0, 0.1) is 0 Å². The summed E-state index contributed by atoms with van der Waals surface area (Å²) in [6, 6.07) is 1.92. The number of nitrogens with zero attached hydrogens (tertiary/aromatic N) is 2. The highest BCUT2D eigenvalue weighted by Crippen LogP contribution is 2.17. The van der Waals surface area contributed by atoms with Gasteiger partial charge in [-0.2, -0.15) is 0 Å². The van der Waals surface area contributed by atoms with Crippen molar-refractivity contribution in [2.45, 2.75) is 20.8 Å². The summed E-state index contributed by atoms with van der Waals surface area (Å²) in [4.78, 5) is 8.93. The van der Waals surface area contributed by atoms with Crippen molar-refractivity contribution in [1.82, 2.24) is 9.97 Å². The van der Waals surface area contributed by atoms with Gasteiger partial charge in [0.05, 0.1) is 5.69 Å². The Bertz CT molecular complexity index is 546. The molecular formula is C17H20N2. The third-order valence-corrected chi connectivity index (χ3v) is 2.59. The van der Waals surface area contributed by atoms with E-state index < -0.39 is 0 Å². The van der Waals surface area contributed by atoms with Gasteiger partial charge in [-0.05, 0) is 32.4 Å². The van der Waals surface area contributed by atoms with E-state index >= 15 is 0 Å². The van der Waals surface area contributed by atoms with Gasteiger partial charge in [0, 0.05) is 11.8 Å². The Balaban J connectivity index is 3.19. The van der Waals surface area contributed by atoms with Crippen LogP contribution in [0.3, 0.4) is 0 Å². The second-order valence-corrected chi connectivity index (χ2v) is 3.85. The smallest absolute Gasteiger partial charge is 0.159 e. The maximum absolute atomic E-state index is 4.60. The molecule has 1 aromatic heterocycles. The van der Waals surface area contributed by atoms with Gasteiger partial charge in [0.2, 0.25) is 0 Å². The van der Waals surface area contributed by atoms with E-state index in [1.165, 1.54) is 0 Å². The van der Waals surface area contributed by atoms with Crippen LogP contribution in [-0.4, -0.2) is 9.97 Å². The van der Waals surface area contributed by atoms with Crippen LogP contribution in [0.15, 0.2) is 61.4 Å². The van der Waals surface area contributed by atoms with Gasteiger partial charge in [0.25, 0.3) is 0 Å². The predicted molar refractivity (Wildman–Crippen MR) is 83.5 cm³/mol. The normalized spacial score (nSPS) is 13.4. The first-order valence-corrected chi connectivity index (χ1v) is 6.35. The first-order valence-electron chi connectivity index (χ1n) is 6.35. The summed E-state index contributed by atoms with van der Waals surface area (Å²) in [7, 11) is 0. The van der Waals surface area contributed by atoms with Crippen LogP contribution in [0.5, 0.6) is 0 Å². The molecule has 0 radical (unpaired) electrons. The number of hydrogen-bond donors (Lipinski definition) is 0. The molecule has 19 heavy (non-hydrogen) atoms. The van der Waals surface area contributed by atoms with E-state index in [9.17, 15) is 0 Å². The molecule has 0 fully saturated rings. The molecule has 0 amide bonds. The number of allylic oxidation sites excluding steroid dienone is 9. The quantitative estimate of drug-likeness (QED) is 0.716. The fourth-order valence-electron chi connectivity index (χ4n) is 1.64. The van der Waals surface area contributed by atoms with Gasteiger partial charge in [-0.1, -0.05) is 49.1 Å². The predicted octanol–water partition coefficient (Wildman–Crippen LogP) is 4.60. The lowest BCUT2D eigenvalue weighted by atomic mass is 10.1. The van der Waals surface area contributed by atoms with Crippen molar-refractivity contribution in [2.75, 3.05) is 0 Å². The van der Waals surface area contributed by atoms with E-state index in [2.05, 4.69) is 16.5 Å². The molecule has 2 heteroatoms. The zero-order chi connectivity index (χ0) is 14.1. The molecule has 0 aromatic carbocycles. The van der Waals surface area contributed by atoms with E-state index in [-0.39, 0.29) is 0 Å². The molecule has 0 aliphatic rings. The molecule has 0 aliphatic heterocycles. The second-order valence-electron chi connectivity index (χ2n) is 3.85. The molecule has 2 nitrogen and oxygen atoms in total. The Kier molecular flexibility index (Phi) is 6.23. The molecule has 0 bridgehead atoms. The second kappa shape index (κ2) is 7.98. The zero-order valence-corrected chi connectivity index (χ0v) is 11.8. The lowest BCUT2D eigenvalue weighted by molar-refractivity contribution is 1.10. The van der Waals surface area contributed by atoms with Gasteiger partial charge in [-0.25, -0.2) is 9.97 Å². The summed E-state index contributed by atoms with van der Waals surface area (Å²) in [5.41, 5.74) is 3.00. The molecule has 0 spiro atoms. The van der Waals surface area contributed by atoms with Gasteiger partial charge in [0.1, 0.15) is 0 Å². The molecule has 1 rings (SSSR count). The molecular weight excluding hydrogens is 232 g/mol. The van der Waals surface area contributed by atoms with Crippen LogP contribution in [0.1, 0.15) is 32.3 Å². The van der Waals surface area contributed by atoms with Gasteiger partial charge in [0.15, 0.2) is 5.82 Å². The molecule has 0 N–H and O–H groups in total. The SMILES string of the molecule is C=C/C=C\C(=C/C)c1nccc(C(/C=C\C)=C/C)n1. The standard InChI is InChI=1S/C17H20N2/c1-5-9-11-15(8-4)17-18-13-12-16(19-17)14(7-3)10-6-2/h5-13H,1H2,2-4H3/b10-6-,11-9-,14-7+,15-8+. The minimum atomic E-state index is 0.724. The van der Waals surface area contributed by atoms with Gasteiger partial charge in [-0.3, -0.25) is 0 Å². The van der Waals surface area contributed by atoms with E-state index in [0.717, 1.165) is 22.7 Å². The Hall–Kier alpha value is -2.22. The van der Waals surface area contributed by atoms with E-state index in [1.807, 2.05) is 63.3 Å². The number of rotatable bonds is 5. The third-order valence-electron chi connectivity index (χ3n) is 2.59. The van der Waals surface area contributed by atoms with Gasteiger partial charge >= 0.3 is 0 Å². The topological polar surface area (TPSA) is 25.8 Å². The molecule has 0 atom stereocenters. The lowest BCUT2D eigenvalue weighted by Gasteiger charge is -2.05. The molecule has 0 unspecified atom stereocenters. The summed E-state index contributed by atoms with van der Waals surface area (Å²) in [5, 5.41) is 0. The van der Waals surface area contributed by atoms with E-state index in [4.69, 9.17) is 0 Å². The summed E-state index contributed by atoms with van der Waals surface area (Å²) in [5.74, 6) is 0.724. The lowest BCUT2D eigenvalue weighted by Crippen LogP contribution is -1.96. The van der Waals surface area contributed by atoms with Crippen LogP contribution in [-0.2, 0) is 0 Å². The van der Waals surface area contributed by atoms with Crippen LogP contribution in [0.25, 0.3) is 11.1 Å². The van der Waals surface area contributed by atoms with Crippen molar-refractivity contribution in [2.24, 2.45) is 0 Å². The Labute approximate surface area is 115 Å². The summed E-state index contributed by atoms with van der Waals surface area (Å²) in [6.07, 6.45) is 15.4. The van der Waals surface area contributed by atoms with Crippen molar-refractivity contribution >= 4 is 11.1 Å². The number of hydrogen-bond acceptors (Lipinski definition) is 2.